The van der Waals surface area contributed by atoms with E-state index in [0.29, 0.717) is 0 Å². The van der Waals surface area contributed by atoms with Gasteiger partial charge in [-0.2, -0.15) is 15.0 Å². The zero-order valence-electron chi connectivity index (χ0n) is 23.9. The summed E-state index contributed by atoms with van der Waals surface area (Å²) < 4.78 is 0. The van der Waals surface area contributed by atoms with E-state index in [4.69, 9.17) is 10.2 Å². The quantitative estimate of drug-likeness (QED) is 0.263. The van der Waals surface area contributed by atoms with Crippen molar-refractivity contribution in [3.8, 4) is 11.1 Å². The normalized spacial score (nSPS) is 13.1. The number of rotatable bonds is 10. The fraction of sp³-hybridized carbons (Fsp3) is 0.353. The maximum Gasteiger partial charge on any atom is 0.121 e. The van der Waals surface area contributed by atoms with Gasteiger partial charge < -0.3 is 0 Å². The van der Waals surface area contributed by atoms with Gasteiger partial charge in [-0.3, -0.25) is 0 Å². The van der Waals surface area contributed by atoms with Crippen molar-refractivity contribution in [3.05, 3.63) is 96.1 Å². The lowest BCUT2D eigenvalue weighted by molar-refractivity contribution is 0.512. The summed E-state index contributed by atoms with van der Waals surface area (Å²) in [6, 6.07) is 8.93. The maximum absolute atomic E-state index is 5.06. The molecule has 1 heterocycles. The lowest BCUT2D eigenvalue weighted by atomic mass is 9.81. The molecule has 0 aliphatic rings. The Bertz CT molecular complexity index is 1370. The van der Waals surface area contributed by atoms with Gasteiger partial charge in [-0.1, -0.05) is 115 Å². The number of aryl methyl sites for hydroxylation is 2. The molecule has 3 rings (SSSR count). The predicted octanol–water partition coefficient (Wildman–Crippen LogP) is 9.63. The highest BCUT2D eigenvalue weighted by Gasteiger charge is 2.24. The molecule has 0 aliphatic heterocycles. The van der Waals surface area contributed by atoms with Gasteiger partial charge in [-0.05, 0) is 71.1 Å². The van der Waals surface area contributed by atoms with Gasteiger partial charge in [0.15, 0.2) is 0 Å². The Morgan fingerprint density at radius 1 is 0.946 bits per heavy atom. The molecule has 0 radical (unpaired) electrons. The molecule has 2 aromatic carbocycles. The van der Waals surface area contributed by atoms with Crippen LogP contribution in [0.1, 0.15) is 83.1 Å². The van der Waals surface area contributed by atoms with Crippen LogP contribution >= 0.6 is 0 Å². The Labute approximate surface area is 224 Å². The van der Waals surface area contributed by atoms with Crippen LogP contribution < -0.4 is 0 Å². The van der Waals surface area contributed by atoms with Gasteiger partial charge in [0.05, 0.1) is 6.54 Å². The zero-order valence-corrected chi connectivity index (χ0v) is 23.9. The summed E-state index contributed by atoms with van der Waals surface area (Å²) in [7, 11) is 0. The molecule has 0 N–H and O–H groups in total. The van der Waals surface area contributed by atoms with Crippen LogP contribution in [0.5, 0.6) is 0 Å². The minimum Gasteiger partial charge on any atom is -0.184 e. The van der Waals surface area contributed by atoms with E-state index in [1.54, 1.807) is 0 Å². The van der Waals surface area contributed by atoms with Crippen LogP contribution in [0.3, 0.4) is 0 Å². The van der Waals surface area contributed by atoms with E-state index in [1.165, 1.54) is 27.8 Å². The Kier molecular flexibility index (Phi) is 9.26. The fourth-order valence-corrected chi connectivity index (χ4v) is 4.89. The highest BCUT2D eigenvalue weighted by molar-refractivity contribution is 6.01. The number of hydrogen-bond donors (Lipinski definition) is 0. The monoisotopic (exact) mass is 493 g/mol. The smallest absolute Gasteiger partial charge is 0.121 e. The molecule has 3 nitrogen and oxygen atoms in total. The van der Waals surface area contributed by atoms with E-state index in [0.717, 1.165) is 53.5 Å². The van der Waals surface area contributed by atoms with Crippen LogP contribution in [-0.4, -0.2) is 15.0 Å². The van der Waals surface area contributed by atoms with Gasteiger partial charge in [0.1, 0.15) is 11.0 Å². The molecule has 0 atom stereocenters. The molecule has 0 fully saturated rings. The summed E-state index contributed by atoms with van der Waals surface area (Å²) in [4.78, 5) is 1.89. The second-order valence-corrected chi connectivity index (χ2v) is 10.6. The van der Waals surface area contributed by atoms with Crippen molar-refractivity contribution in [3.63, 3.8) is 0 Å². The van der Waals surface area contributed by atoms with Gasteiger partial charge in [0.2, 0.25) is 0 Å². The third-order valence-corrected chi connectivity index (χ3v) is 6.67. The number of benzene rings is 2. The number of hydrogen-bond acceptors (Lipinski definition) is 2. The summed E-state index contributed by atoms with van der Waals surface area (Å²) in [6.07, 6.45) is 15.5. The first-order chi connectivity index (χ1) is 17.7. The van der Waals surface area contributed by atoms with Gasteiger partial charge in [0.25, 0.3) is 0 Å². The average Bonchev–Trinajstić information content (AvgIpc) is 3.29. The van der Waals surface area contributed by atoms with Crippen molar-refractivity contribution < 1.29 is 0 Å². The van der Waals surface area contributed by atoms with E-state index in [1.807, 2.05) is 23.0 Å². The number of nitrogens with zero attached hydrogens (tertiary/aromatic N) is 3. The molecular weight excluding hydrogens is 450 g/mol. The standard InChI is InChI=1S/C34H43N3/c1-10-15-23-37-35-32-28(21-22-29(33(32)36-37)34(7,8)9)27-20-19-24(6)30(25(14-5)16-11-2)31(27)26(17-12-3)18-13-4/h11-12,14,16-22H,2,5,10,13,15,23H2,1,3-4,6-9H3/b17-12-,25-16+,26-18+. The second kappa shape index (κ2) is 12.2. The summed E-state index contributed by atoms with van der Waals surface area (Å²) in [5.74, 6) is 0. The number of unbranched alkanes of at least 4 members (excludes halogenated alkanes) is 1. The highest BCUT2D eigenvalue weighted by atomic mass is 15.5. The minimum atomic E-state index is -0.0371. The van der Waals surface area contributed by atoms with E-state index in [-0.39, 0.29) is 5.41 Å². The van der Waals surface area contributed by atoms with Crippen molar-refractivity contribution in [2.75, 3.05) is 0 Å². The largest absolute Gasteiger partial charge is 0.184 e. The summed E-state index contributed by atoms with van der Waals surface area (Å²) in [5, 5.41) is 10.1. The Hall–Kier alpha value is -3.46. The van der Waals surface area contributed by atoms with Crippen LogP contribution in [0.2, 0.25) is 0 Å². The second-order valence-electron chi connectivity index (χ2n) is 10.6. The highest BCUT2D eigenvalue weighted by Crippen LogP contribution is 2.42. The zero-order chi connectivity index (χ0) is 27.2. The van der Waals surface area contributed by atoms with E-state index < -0.39 is 0 Å². The number of allylic oxidation sites excluding steroid dienone is 8. The first-order valence-electron chi connectivity index (χ1n) is 13.5. The Morgan fingerprint density at radius 2 is 1.65 bits per heavy atom. The molecule has 0 unspecified atom stereocenters. The molecule has 0 bridgehead atoms. The van der Waals surface area contributed by atoms with Gasteiger partial charge in [0, 0.05) is 5.56 Å². The number of fused-ring (bicyclic) bond motifs is 1. The Morgan fingerprint density at radius 3 is 2.24 bits per heavy atom. The molecule has 3 heteroatoms. The molecular formula is C34H43N3. The van der Waals surface area contributed by atoms with Crippen molar-refractivity contribution in [1.29, 1.82) is 0 Å². The van der Waals surface area contributed by atoms with Crippen molar-refractivity contribution >= 4 is 22.2 Å². The van der Waals surface area contributed by atoms with E-state index in [9.17, 15) is 0 Å². The van der Waals surface area contributed by atoms with E-state index in [2.05, 4.69) is 104 Å². The third kappa shape index (κ3) is 5.93. The van der Waals surface area contributed by atoms with Crippen LogP contribution in [0.25, 0.3) is 33.3 Å². The van der Waals surface area contributed by atoms with Crippen molar-refractivity contribution in [2.45, 2.75) is 79.7 Å². The van der Waals surface area contributed by atoms with Crippen LogP contribution in [0.15, 0.2) is 73.9 Å². The molecule has 3 aromatic rings. The SMILES string of the molecule is C=C/C=C(\C=C)c1c(C)ccc(-c2ccc(C(C)(C)C)c3nn(CCCC)nc23)c1C(/C=C\C)=C/CC. The molecule has 0 aliphatic carbocycles. The minimum absolute atomic E-state index is 0.0371. The predicted molar refractivity (Wildman–Crippen MR) is 163 cm³/mol. The van der Waals surface area contributed by atoms with Gasteiger partial charge in [-0.25, -0.2) is 0 Å². The molecule has 1 aromatic heterocycles. The summed E-state index contributed by atoms with van der Waals surface area (Å²) in [5.41, 5.74) is 11.2. The molecule has 0 saturated carbocycles. The van der Waals surface area contributed by atoms with Crippen LogP contribution in [0.4, 0.5) is 0 Å². The fourth-order valence-electron chi connectivity index (χ4n) is 4.89. The van der Waals surface area contributed by atoms with Crippen molar-refractivity contribution in [2.24, 2.45) is 0 Å². The van der Waals surface area contributed by atoms with Gasteiger partial charge in [-0.15, -0.1) is 0 Å². The lowest BCUT2D eigenvalue weighted by Gasteiger charge is -2.22. The number of aromatic nitrogens is 3. The first kappa shape index (κ1) is 28.1. The summed E-state index contributed by atoms with van der Waals surface area (Å²) in [6.45, 7) is 24.3. The molecule has 0 amide bonds. The molecule has 194 valence electrons. The topological polar surface area (TPSA) is 30.7 Å². The first-order valence-corrected chi connectivity index (χ1v) is 13.5. The van der Waals surface area contributed by atoms with Crippen LogP contribution in [-0.2, 0) is 12.0 Å². The third-order valence-electron chi connectivity index (χ3n) is 6.67. The average molecular weight is 494 g/mol. The molecule has 0 spiro atoms. The Balaban J connectivity index is 2.50. The molecule has 37 heavy (non-hydrogen) atoms. The van der Waals surface area contributed by atoms with Crippen molar-refractivity contribution in [1.82, 2.24) is 15.0 Å². The van der Waals surface area contributed by atoms with Gasteiger partial charge >= 0.3 is 0 Å². The maximum atomic E-state index is 5.06. The lowest BCUT2D eigenvalue weighted by Crippen LogP contribution is -2.12. The summed E-state index contributed by atoms with van der Waals surface area (Å²) >= 11 is 0. The molecule has 0 saturated heterocycles. The van der Waals surface area contributed by atoms with E-state index >= 15 is 0 Å². The van der Waals surface area contributed by atoms with Crippen LogP contribution in [0, 0.1) is 6.92 Å².